The number of hydrogen-bond donors (Lipinski definition) is 0. The third-order valence-electron chi connectivity index (χ3n) is 2.82. The predicted molar refractivity (Wildman–Crippen MR) is 55.4 cm³/mol. The molecular formula is C13H16. The van der Waals surface area contributed by atoms with Gasteiger partial charge in [-0.15, -0.1) is 11.5 Å². The Morgan fingerprint density at radius 2 is 2.15 bits per heavy atom. The summed E-state index contributed by atoms with van der Waals surface area (Å²) in [6.45, 7) is 0. The van der Waals surface area contributed by atoms with Crippen LogP contribution in [0.5, 0.6) is 0 Å². The molecule has 1 atom stereocenters. The lowest BCUT2D eigenvalue weighted by Gasteiger charge is -2.14. The molecule has 0 radical (unpaired) electrons. The van der Waals surface area contributed by atoms with Gasteiger partial charge in [0, 0.05) is 5.92 Å². The summed E-state index contributed by atoms with van der Waals surface area (Å²) in [5.74, 6) is 0.638. The standard InChI is InChI=1S/C13H16/c1-2-5-9-12(8-4-1)13-10-6-3-7-11-13/h3-4,11,13H,1-2,5-6,9-10H2. The van der Waals surface area contributed by atoms with Crippen molar-refractivity contribution < 1.29 is 0 Å². The Balaban J connectivity index is 2.14. The first kappa shape index (κ1) is 8.63. The Morgan fingerprint density at radius 3 is 3.00 bits per heavy atom. The lowest BCUT2D eigenvalue weighted by molar-refractivity contribution is 0.626. The number of rotatable bonds is 1. The lowest BCUT2D eigenvalue weighted by Crippen LogP contribution is -2.01. The van der Waals surface area contributed by atoms with Crippen molar-refractivity contribution in [2.24, 2.45) is 5.92 Å². The van der Waals surface area contributed by atoms with E-state index in [1.54, 1.807) is 0 Å². The molecule has 0 bridgehead atoms. The fourth-order valence-corrected chi connectivity index (χ4v) is 2.02. The van der Waals surface area contributed by atoms with E-state index in [-0.39, 0.29) is 0 Å². The maximum atomic E-state index is 3.46. The lowest BCUT2D eigenvalue weighted by atomic mass is 9.89. The van der Waals surface area contributed by atoms with Crippen LogP contribution in [0.15, 0.2) is 35.3 Å². The SMILES string of the molecule is C1=CCCC(C2=C=CCCCC2)C=1. The molecule has 2 aliphatic rings. The largest absolute Gasteiger partial charge is 0.129 e. The van der Waals surface area contributed by atoms with Crippen LogP contribution in [-0.4, -0.2) is 0 Å². The van der Waals surface area contributed by atoms with E-state index < -0.39 is 0 Å². The van der Waals surface area contributed by atoms with E-state index in [4.69, 9.17) is 0 Å². The van der Waals surface area contributed by atoms with E-state index in [0.29, 0.717) is 5.92 Å². The average molecular weight is 172 g/mol. The van der Waals surface area contributed by atoms with Crippen LogP contribution in [0, 0.1) is 5.92 Å². The van der Waals surface area contributed by atoms with Gasteiger partial charge < -0.3 is 0 Å². The predicted octanol–water partition coefficient (Wildman–Crippen LogP) is 3.76. The molecule has 2 rings (SSSR count). The van der Waals surface area contributed by atoms with Gasteiger partial charge in [-0.05, 0) is 62.3 Å². The highest BCUT2D eigenvalue weighted by Gasteiger charge is 2.12. The van der Waals surface area contributed by atoms with E-state index in [1.807, 2.05) is 0 Å². The Labute approximate surface area is 80.3 Å². The quantitative estimate of drug-likeness (QED) is 0.528. The normalized spacial score (nSPS) is 27.1. The van der Waals surface area contributed by atoms with E-state index in [2.05, 4.69) is 29.7 Å². The molecule has 0 aliphatic heterocycles. The summed E-state index contributed by atoms with van der Waals surface area (Å²) >= 11 is 0. The van der Waals surface area contributed by atoms with Crippen LogP contribution in [0.4, 0.5) is 0 Å². The molecule has 2 aliphatic carbocycles. The van der Waals surface area contributed by atoms with Crippen molar-refractivity contribution in [3.05, 3.63) is 35.3 Å². The van der Waals surface area contributed by atoms with Crippen molar-refractivity contribution in [3.8, 4) is 0 Å². The Morgan fingerprint density at radius 1 is 1.15 bits per heavy atom. The van der Waals surface area contributed by atoms with Gasteiger partial charge in [-0.3, -0.25) is 0 Å². The molecule has 0 aromatic rings. The summed E-state index contributed by atoms with van der Waals surface area (Å²) in [5, 5.41) is 0. The first-order valence-corrected chi connectivity index (χ1v) is 5.32. The maximum absolute atomic E-state index is 3.46. The minimum absolute atomic E-state index is 0.638. The third kappa shape index (κ3) is 2.25. The minimum atomic E-state index is 0.638. The van der Waals surface area contributed by atoms with Crippen LogP contribution in [0.1, 0.15) is 38.5 Å². The zero-order valence-corrected chi connectivity index (χ0v) is 8.05. The molecule has 1 unspecified atom stereocenters. The van der Waals surface area contributed by atoms with E-state index >= 15 is 0 Å². The second-order valence-electron chi connectivity index (χ2n) is 3.84. The Kier molecular flexibility index (Phi) is 2.87. The summed E-state index contributed by atoms with van der Waals surface area (Å²) < 4.78 is 0. The Hall–Kier alpha value is -0.960. The molecule has 13 heavy (non-hydrogen) atoms. The van der Waals surface area contributed by atoms with Crippen LogP contribution >= 0.6 is 0 Å². The van der Waals surface area contributed by atoms with Crippen molar-refractivity contribution in [1.82, 2.24) is 0 Å². The van der Waals surface area contributed by atoms with Gasteiger partial charge in [0.15, 0.2) is 0 Å². The summed E-state index contributed by atoms with van der Waals surface area (Å²) in [6.07, 6.45) is 14.2. The first-order chi connectivity index (χ1) is 6.47. The van der Waals surface area contributed by atoms with E-state index in [1.165, 1.54) is 44.1 Å². The molecule has 0 saturated carbocycles. The molecule has 0 saturated heterocycles. The van der Waals surface area contributed by atoms with Crippen LogP contribution in [0.25, 0.3) is 0 Å². The first-order valence-electron chi connectivity index (χ1n) is 5.32. The number of allylic oxidation sites excluding steroid dienone is 2. The van der Waals surface area contributed by atoms with Crippen molar-refractivity contribution in [1.29, 1.82) is 0 Å². The van der Waals surface area contributed by atoms with Crippen LogP contribution in [-0.2, 0) is 0 Å². The van der Waals surface area contributed by atoms with Crippen molar-refractivity contribution >= 4 is 0 Å². The molecule has 0 aromatic heterocycles. The monoisotopic (exact) mass is 172 g/mol. The van der Waals surface area contributed by atoms with Gasteiger partial charge in [-0.25, -0.2) is 0 Å². The van der Waals surface area contributed by atoms with Gasteiger partial charge in [-0.2, -0.15) is 0 Å². The molecule has 0 N–H and O–H groups in total. The van der Waals surface area contributed by atoms with Crippen molar-refractivity contribution in [2.75, 3.05) is 0 Å². The fraction of sp³-hybridized carbons (Fsp3) is 0.538. The van der Waals surface area contributed by atoms with Gasteiger partial charge in [0.05, 0.1) is 0 Å². The average Bonchev–Trinajstić information content (AvgIpc) is 2.47. The molecule has 0 spiro atoms. The summed E-state index contributed by atoms with van der Waals surface area (Å²) in [4.78, 5) is 0. The summed E-state index contributed by atoms with van der Waals surface area (Å²) in [5.41, 5.74) is 8.20. The van der Waals surface area contributed by atoms with E-state index in [0.717, 1.165) is 0 Å². The van der Waals surface area contributed by atoms with Gasteiger partial charge in [-0.1, -0.05) is 0 Å². The molecular weight excluding hydrogens is 156 g/mol. The fourth-order valence-electron chi connectivity index (χ4n) is 2.02. The van der Waals surface area contributed by atoms with Crippen LogP contribution in [0.3, 0.4) is 0 Å². The zero-order chi connectivity index (χ0) is 8.93. The van der Waals surface area contributed by atoms with Crippen molar-refractivity contribution in [2.45, 2.75) is 38.5 Å². The maximum Gasteiger partial charge on any atom is 0.0132 e. The second kappa shape index (κ2) is 4.33. The Bertz CT molecular complexity index is 294. The minimum Gasteiger partial charge on any atom is -0.129 e. The molecule has 0 nitrogen and oxygen atoms in total. The van der Waals surface area contributed by atoms with Gasteiger partial charge in [0.2, 0.25) is 0 Å². The highest BCUT2D eigenvalue weighted by molar-refractivity contribution is 5.16. The van der Waals surface area contributed by atoms with E-state index in [9.17, 15) is 0 Å². The van der Waals surface area contributed by atoms with Crippen molar-refractivity contribution in [3.63, 3.8) is 0 Å². The van der Waals surface area contributed by atoms with Crippen LogP contribution in [0.2, 0.25) is 0 Å². The topological polar surface area (TPSA) is 0 Å². The molecule has 0 heterocycles. The summed E-state index contributed by atoms with van der Waals surface area (Å²) in [7, 11) is 0. The van der Waals surface area contributed by atoms with Crippen LogP contribution < -0.4 is 0 Å². The molecule has 0 amide bonds. The summed E-state index contributed by atoms with van der Waals surface area (Å²) in [6, 6.07) is 0. The van der Waals surface area contributed by atoms with Gasteiger partial charge >= 0.3 is 0 Å². The molecule has 0 fully saturated rings. The molecule has 68 valence electrons. The molecule has 0 heteroatoms. The third-order valence-corrected chi connectivity index (χ3v) is 2.82. The highest BCUT2D eigenvalue weighted by atomic mass is 14.2. The highest BCUT2D eigenvalue weighted by Crippen LogP contribution is 2.26. The van der Waals surface area contributed by atoms with Gasteiger partial charge in [0.25, 0.3) is 0 Å². The zero-order valence-electron chi connectivity index (χ0n) is 8.05. The molecule has 0 aromatic carbocycles. The smallest absolute Gasteiger partial charge is 0.0132 e. The number of hydrogen-bond acceptors (Lipinski definition) is 0. The van der Waals surface area contributed by atoms with Gasteiger partial charge in [0.1, 0.15) is 0 Å². The second-order valence-corrected chi connectivity index (χ2v) is 3.84.